The molecule has 2 atom stereocenters. The minimum Gasteiger partial charge on any atom is -0.480 e. The molecular weight excluding hydrogens is 230 g/mol. The average molecular weight is 247 g/mol. The van der Waals surface area contributed by atoms with Gasteiger partial charge in [0.05, 0.1) is 0 Å². The summed E-state index contributed by atoms with van der Waals surface area (Å²) in [5.41, 5.74) is 1.17. The quantitative estimate of drug-likeness (QED) is 0.868. The van der Waals surface area contributed by atoms with Crippen molar-refractivity contribution in [2.45, 2.75) is 31.7 Å². The van der Waals surface area contributed by atoms with E-state index >= 15 is 0 Å². The van der Waals surface area contributed by atoms with Gasteiger partial charge in [-0.15, -0.1) is 0 Å². The molecule has 0 aromatic heterocycles. The zero-order valence-corrected chi connectivity index (χ0v) is 10.4. The molecule has 4 heteroatoms. The first-order valence-corrected chi connectivity index (χ1v) is 6.14. The highest BCUT2D eigenvalue weighted by molar-refractivity contribution is 5.82. The van der Waals surface area contributed by atoms with E-state index in [4.69, 9.17) is 5.11 Å². The number of amides is 1. The predicted octanol–water partition coefficient (Wildman–Crippen LogP) is 1.87. The first-order valence-electron chi connectivity index (χ1n) is 6.14. The number of carboxylic acid groups (broad SMARTS) is 1. The van der Waals surface area contributed by atoms with Gasteiger partial charge in [-0.1, -0.05) is 30.3 Å². The number of benzene rings is 1. The van der Waals surface area contributed by atoms with Crippen LogP contribution < -0.4 is 0 Å². The van der Waals surface area contributed by atoms with Crippen molar-refractivity contribution in [3.05, 3.63) is 35.9 Å². The highest BCUT2D eigenvalue weighted by Crippen LogP contribution is 2.30. The molecule has 4 nitrogen and oxygen atoms in total. The van der Waals surface area contributed by atoms with Gasteiger partial charge < -0.3 is 10.0 Å². The summed E-state index contributed by atoms with van der Waals surface area (Å²) >= 11 is 0. The molecule has 96 valence electrons. The highest BCUT2D eigenvalue weighted by atomic mass is 16.4. The first kappa shape index (κ1) is 12.6. The van der Waals surface area contributed by atoms with Gasteiger partial charge in [0.2, 0.25) is 5.91 Å². The number of carboxylic acids is 1. The molecule has 2 rings (SSSR count). The fourth-order valence-corrected chi connectivity index (χ4v) is 2.57. The lowest BCUT2D eigenvalue weighted by molar-refractivity contribution is -0.151. The van der Waals surface area contributed by atoms with Crippen molar-refractivity contribution in [2.24, 2.45) is 0 Å². The van der Waals surface area contributed by atoms with E-state index in [1.54, 1.807) is 0 Å². The molecule has 0 saturated carbocycles. The van der Waals surface area contributed by atoms with Gasteiger partial charge >= 0.3 is 5.97 Å². The Bertz CT molecular complexity index is 444. The zero-order valence-electron chi connectivity index (χ0n) is 10.4. The largest absolute Gasteiger partial charge is 0.480 e. The van der Waals surface area contributed by atoms with Crippen molar-refractivity contribution in [1.29, 1.82) is 0 Å². The summed E-state index contributed by atoms with van der Waals surface area (Å²) < 4.78 is 0. The number of rotatable bonds is 2. The lowest BCUT2D eigenvalue weighted by Crippen LogP contribution is -2.49. The van der Waals surface area contributed by atoms with Gasteiger partial charge in [-0.3, -0.25) is 4.79 Å². The smallest absolute Gasteiger partial charge is 0.326 e. The van der Waals surface area contributed by atoms with Crippen LogP contribution in [0.3, 0.4) is 0 Å². The van der Waals surface area contributed by atoms with Gasteiger partial charge in [-0.2, -0.15) is 0 Å². The number of hydrogen-bond donors (Lipinski definition) is 1. The van der Waals surface area contributed by atoms with Crippen LogP contribution >= 0.6 is 0 Å². The Hall–Kier alpha value is -1.84. The van der Waals surface area contributed by atoms with Crippen LogP contribution in [-0.4, -0.2) is 34.5 Å². The summed E-state index contributed by atoms with van der Waals surface area (Å²) in [5.74, 6) is -0.828. The number of piperidine rings is 1. The molecular formula is C14H17NO3. The Morgan fingerprint density at radius 1 is 1.22 bits per heavy atom. The molecule has 1 aliphatic rings. The molecule has 0 spiro atoms. The Kier molecular flexibility index (Phi) is 3.65. The molecule has 18 heavy (non-hydrogen) atoms. The van der Waals surface area contributed by atoms with Crippen LogP contribution in [0.4, 0.5) is 0 Å². The van der Waals surface area contributed by atoms with E-state index in [0.29, 0.717) is 13.0 Å². The van der Waals surface area contributed by atoms with E-state index in [9.17, 15) is 9.59 Å². The molecule has 1 aromatic carbocycles. The third-order valence-corrected chi connectivity index (χ3v) is 3.54. The predicted molar refractivity (Wildman–Crippen MR) is 67.2 cm³/mol. The van der Waals surface area contributed by atoms with E-state index in [-0.39, 0.29) is 11.8 Å². The Labute approximate surface area is 106 Å². The van der Waals surface area contributed by atoms with E-state index in [0.717, 1.165) is 6.42 Å². The average Bonchev–Trinajstić information content (AvgIpc) is 2.39. The van der Waals surface area contributed by atoms with Gasteiger partial charge in [0.15, 0.2) is 0 Å². The summed E-state index contributed by atoms with van der Waals surface area (Å²) in [6.07, 6.45) is 1.33. The Morgan fingerprint density at radius 3 is 2.44 bits per heavy atom. The Balaban J connectivity index is 2.16. The lowest BCUT2D eigenvalue weighted by Gasteiger charge is -2.37. The van der Waals surface area contributed by atoms with Crippen LogP contribution in [0.2, 0.25) is 0 Å². The second-order valence-electron chi connectivity index (χ2n) is 4.71. The molecule has 1 fully saturated rings. The molecule has 1 heterocycles. The molecule has 1 saturated heterocycles. The van der Waals surface area contributed by atoms with E-state index in [1.807, 2.05) is 30.3 Å². The van der Waals surface area contributed by atoms with Crippen molar-refractivity contribution in [3.8, 4) is 0 Å². The second kappa shape index (κ2) is 5.21. The van der Waals surface area contributed by atoms with Crippen molar-refractivity contribution >= 4 is 11.9 Å². The zero-order chi connectivity index (χ0) is 13.1. The maximum absolute atomic E-state index is 11.6. The number of nitrogens with zero attached hydrogens (tertiary/aromatic N) is 1. The fraction of sp³-hybridized carbons (Fsp3) is 0.429. The number of aliphatic carboxylic acids is 1. The van der Waals surface area contributed by atoms with Crippen molar-refractivity contribution in [3.63, 3.8) is 0 Å². The minimum absolute atomic E-state index is 0.164. The fourth-order valence-electron chi connectivity index (χ4n) is 2.57. The molecule has 2 unspecified atom stereocenters. The normalized spacial score (nSPS) is 23.7. The maximum Gasteiger partial charge on any atom is 0.326 e. The van der Waals surface area contributed by atoms with Gasteiger partial charge in [-0.25, -0.2) is 4.79 Å². The highest BCUT2D eigenvalue weighted by Gasteiger charge is 2.34. The number of likely N-dealkylation sites (tertiary alicyclic amines) is 1. The number of carbonyl (C=O) groups excluding carboxylic acids is 1. The standard InChI is InChI=1S/C14H17NO3/c1-10(16)15-9-12(7-8-13(15)14(17)18)11-5-3-2-4-6-11/h2-6,12-13H,7-9H2,1H3,(H,17,18). The summed E-state index contributed by atoms with van der Waals surface area (Å²) in [4.78, 5) is 24.1. The van der Waals surface area contributed by atoms with Gasteiger partial charge in [0.1, 0.15) is 6.04 Å². The summed E-state index contributed by atoms with van der Waals surface area (Å²) in [6, 6.07) is 9.29. The third-order valence-electron chi connectivity index (χ3n) is 3.54. The topological polar surface area (TPSA) is 57.6 Å². The molecule has 1 aromatic rings. The van der Waals surface area contributed by atoms with Crippen LogP contribution in [0.5, 0.6) is 0 Å². The van der Waals surface area contributed by atoms with Crippen molar-refractivity contribution in [2.75, 3.05) is 6.54 Å². The number of carbonyl (C=O) groups is 2. The van der Waals surface area contributed by atoms with E-state index in [1.165, 1.54) is 17.4 Å². The SMILES string of the molecule is CC(=O)N1CC(c2ccccc2)CCC1C(=O)O. The van der Waals surface area contributed by atoms with E-state index < -0.39 is 12.0 Å². The lowest BCUT2D eigenvalue weighted by atomic mass is 9.87. The van der Waals surface area contributed by atoms with Crippen LogP contribution in [0.15, 0.2) is 30.3 Å². The molecule has 1 aliphatic heterocycles. The van der Waals surface area contributed by atoms with Gasteiger partial charge in [0.25, 0.3) is 0 Å². The summed E-state index contributed by atoms with van der Waals surface area (Å²) in [6.45, 7) is 1.93. The second-order valence-corrected chi connectivity index (χ2v) is 4.71. The van der Waals surface area contributed by atoms with Crippen LogP contribution in [0.1, 0.15) is 31.2 Å². The van der Waals surface area contributed by atoms with Crippen LogP contribution in [-0.2, 0) is 9.59 Å². The molecule has 1 N–H and O–H groups in total. The van der Waals surface area contributed by atoms with Gasteiger partial charge in [0, 0.05) is 19.4 Å². The van der Waals surface area contributed by atoms with Crippen molar-refractivity contribution in [1.82, 2.24) is 4.90 Å². The number of hydrogen-bond acceptors (Lipinski definition) is 2. The minimum atomic E-state index is -0.906. The maximum atomic E-state index is 11.6. The van der Waals surface area contributed by atoms with Crippen LogP contribution in [0.25, 0.3) is 0 Å². The first-order chi connectivity index (χ1) is 8.59. The van der Waals surface area contributed by atoms with Crippen LogP contribution in [0, 0.1) is 0 Å². The Morgan fingerprint density at radius 2 is 1.89 bits per heavy atom. The third kappa shape index (κ3) is 2.53. The van der Waals surface area contributed by atoms with Gasteiger partial charge in [-0.05, 0) is 18.4 Å². The molecule has 0 aliphatic carbocycles. The van der Waals surface area contributed by atoms with E-state index in [2.05, 4.69) is 0 Å². The molecule has 0 radical (unpaired) electrons. The molecule has 0 bridgehead atoms. The van der Waals surface area contributed by atoms with Crippen molar-refractivity contribution < 1.29 is 14.7 Å². The molecule has 1 amide bonds. The monoisotopic (exact) mass is 247 g/mol. The summed E-state index contributed by atoms with van der Waals surface area (Å²) in [7, 11) is 0. The summed E-state index contributed by atoms with van der Waals surface area (Å²) in [5, 5.41) is 9.12.